The maximum atomic E-state index is 12.7. The first-order chi connectivity index (χ1) is 14.7. The molecule has 0 bridgehead atoms. The molecule has 0 fully saturated rings. The summed E-state index contributed by atoms with van der Waals surface area (Å²) in [6.07, 6.45) is -0.347. The lowest BCUT2D eigenvalue weighted by atomic mass is 9.94. The fraction of sp³-hybridized carbons (Fsp3) is 0.381. The molecule has 0 aliphatic carbocycles. The predicted molar refractivity (Wildman–Crippen MR) is 110 cm³/mol. The average Bonchev–Trinajstić information content (AvgIpc) is 2.74. The molecular weight excluding hydrogens is 408 g/mol. The molecule has 1 aliphatic rings. The maximum absolute atomic E-state index is 12.7. The van der Waals surface area contributed by atoms with Gasteiger partial charge in [0.15, 0.2) is 0 Å². The monoisotopic (exact) mass is 432 g/mol. The number of nitro groups is 1. The number of allylic oxidation sites excluding steroid dienone is 1. The fourth-order valence-electron chi connectivity index (χ4n) is 3.24. The van der Waals surface area contributed by atoms with Crippen LogP contribution in [0.3, 0.4) is 0 Å². The largest absolute Gasteiger partial charge is 0.466 e. The first-order valence-electron chi connectivity index (χ1n) is 9.62. The molecule has 1 heterocycles. The first-order valence-corrected chi connectivity index (χ1v) is 9.62. The fourth-order valence-corrected chi connectivity index (χ4v) is 3.24. The van der Waals surface area contributed by atoms with Crippen molar-refractivity contribution < 1.29 is 33.5 Å². The highest BCUT2D eigenvalue weighted by atomic mass is 16.6. The topological polar surface area (TPSA) is 125 Å². The van der Waals surface area contributed by atoms with Crippen molar-refractivity contribution in [3.63, 3.8) is 0 Å². The standard InChI is InChI=1S/C21H24N2O8/c1-5-30-19(24)12-18-17(21(26)31-6-2)11-16(20(25)29-4)13(3)22(18)14-7-9-15(10-8-14)23(27)28/h7-10H,5-6,11-12H2,1-4H3. The minimum atomic E-state index is -0.678. The zero-order valence-corrected chi connectivity index (χ0v) is 17.8. The molecule has 0 unspecified atom stereocenters. The number of carbonyl (C=O) groups excluding carboxylic acids is 3. The molecule has 0 amide bonds. The summed E-state index contributed by atoms with van der Waals surface area (Å²) in [7, 11) is 1.22. The van der Waals surface area contributed by atoms with Crippen LogP contribution in [0, 0.1) is 10.1 Å². The summed E-state index contributed by atoms with van der Waals surface area (Å²) in [5.74, 6) is -1.88. The number of nitrogens with zero attached hydrogens (tertiary/aromatic N) is 2. The van der Waals surface area contributed by atoms with Gasteiger partial charge in [-0.05, 0) is 32.9 Å². The van der Waals surface area contributed by atoms with E-state index in [1.54, 1.807) is 20.8 Å². The third-order valence-electron chi connectivity index (χ3n) is 4.63. The molecule has 0 saturated carbocycles. The van der Waals surface area contributed by atoms with E-state index in [1.165, 1.54) is 36.3 Å². The highest BCUT2D eigenvalue weighted by Crippen LogP contribution is 2.38. The zero-order chi connectivity index (χ0) is 23.1. The second-order valence-electron chi connectivity index (χ2n) is 6.47. The number of methoxy groups -OCH3 is 1. The Hall–Kier alpha value is -3.69. The lowest BCUT2D eigenvalue weighted by Gasteiger charge is -2.34. The molecule has 0 saturated heterocycles. The highest BCUT2D eigenvalue weighted by Gasteiger charge is 2.35. The smallest absolute Gasteiger partial charge is 0.336 e. The molecule has 31 heavy (non-hydrogen) atoms. The average molecular weight is 432 g/mol. The lowest BCUT2D eigenvalue weighted by Crippen LogP contribution is -2.33. The molecule has 1 aromatic rings. The van der Waals surface area contributed by atoms with Crippen molar-refractivity contribution >= 4 is 29.3 Å². The van der Waals surface area contributed by atoms with Gasteiger partial charge in [0.25, 0.3) is 5.69 Å². The number of rotatable bonds is 8. The van der Waals surface area contributed by atoms with Crippen molar-refractivity contribution in [1.82, 2.24) is 0 Å². The molecule has 0 N–H and O–H groups in total. The van der Waals surface area contributed by atoms with Crippen LogP contribution in [0.2, 0.25) is 0 Å². The van der Waals surface area contributed by atoms with E-state index in [0.717, 1.165) is 0 Å². The van der Waals surface area contributed by atoms with Crippen LogP contribution in [0.15, 0.2) is 46.8 Å². The van der Waals surface area contributed by atoms with Gasteiger partial charge in [-0.15, -0.1) is 0 Å². The van der Waals surface area contributed by atoms with Crippen molar-refractivity contribution in [2.75, 3.05) is 25.2 Å². The van der Waals surface area contributed by atoms with Crippen molar-refractivity contribution in [3.8, 4) is 0 Å². The van der Waals surface area contributed by atoms with Crippen molar-refractivity contribution in [2.45, 2.75) is 33.6 Å². The van der Waals surface area contributed by atoms with Gasteiger partial charge in [0.1, 0.15) is 0 Å². The number of esters is 3. The third-order valence-corrected chi connectivity index (χ3v) is 4.63. The summed E-state index contributed by atoms with van der Waals surface area (Å²) in [6, 6.07) is 5.52. The van der Waals surface area contributed by atoms with E-state index in [0.29, 0.717) is 11.4 Å². The lowest BCUT2D eigenvalue weighted by molar-refractivity contribution is -0.384. The van der Waals surface area contributed by atoms with Crippen LogP contribution in [0.4, 0.5) is 11.4 Å². The van der Waals surface area contributed by atoms with Crippen molar-refractivity contribution in [1.29, 1.82) is 0 Å². The molecule has 166 valence electrons. The van der Waals surface area contributed by atoms with Crippen LogP contribution in [0.5, 0.6) is 0 Å². The van der Waals surface area contributed by atoms with Gasteiger partial charge in [-0.3, -0.25) is 14.9 Å². The number of benzene rings is 1. The van der Waals surface area contributed by atoms with Crippen LogP contribution in [-0.4, -0.2) is 43.2 Å². The number of anilines is 1. The van der Waals surface area contributed by atoms with Gasteiger partial charge in [-0.25, -0.2) is 9.59 Å². The number of hydrogen-bond donors (Lipinski definition) is 0. The van der Waals surface area contributed by atoms with Crippen LogP contribution in [-0.2, 0) is 28.6 Å². The van der Waals surface area contributed by atoms with Gasteiger partial charge in [0.05, 0.1) is 42.8 Å². The normalized spacial score (nSPS) is 13.7. The number of nitro benzene ring substituents is 1. The second-order valence-corrected chi connectivity index (χ2v) is 6.47. The summed E-state index contributed by atoms with van der Waals surface area (Å²) < 4.78 is 15.1. The quantitative estimate of drug-likeness (QED) is 0.264. The van der Waals surface area contributed by atoms with E-state index >= 15 is 0 Å². The Bertz CT molecular complexity index is 947. The first kappa shape index (κ1) is 23.6. The summed E-state index contributed by atoms with van der Waals surface area (Å²) >= 11 is 0. The minimum Gasteiger partial charge on any atom is -0.466 e. The second kappa shape index (κ2) is 10.4. The van der Waals surface area contributed by atoms with E-state index in [1.807, 2.05) is 0 Å². The molecular formula is C21H24N2O8. The van der Waals surface area contributed by atoms with E-state index in [2.05, 4.69) is 0 Å². The minimum absolute atomic E-state index is 0.0877. The Morgan fingerprint density at radius 2 is 1.65 bits per heavy atom. The molecule has 0 radical (unpaired) electrons. The molecule has 0 spiro atoms. The molecule has 0 atom stereocenters. The van der Waals surface area contributed by atoms with Crippen LogP contribution >= 0.6 is 0 Å². The molecule has 2 rings (SSSR count). The molecule has 10 nitrogen and oxygen atoms in total. The number of non-ortho nitro benzene ring substituents is 1. The third kappa shape index (κ3) is 5.27. The molecule has 1 aromatic carbocycles. The Balaban J connectivity index is 2.69. The van der Waals surface area contributed by atoms with Crippen molar-refractivity contribution in [3.05, 3.63) is 56.9 Å². The SMILES string of the molecule is CCOC(=O)CC1=C(C(=O)OCC)CC(C(=O)OC)=C(C)N1c1ccc([N+](=O)[O-])cc1. The summed E-state index contributed by atoms with van der Waals surface area (Å²) in [6.45, 7) is 5.20. The van der Waals surface area contributed by atoms with Crippen LogP contribution in [0.1, 0.15) is 33.6 Å². The van der Waals surface area contributed by atoms with Crippen molar-refractivity contribution in [2.24, 2.45) is 0 Å². The molecule has 10 heteroatoms. The Labute approximate surface area is 179 Å². The van der Waals surface area contributed by atoms with Gasteiger partial charge < -0.3 is 19.1 Å². The Morgan fingerprint density at radius 1 is 1.03 bits per heavy atom. The van der Waals surface area contributed by atoms with E-state index in [4.69, 9.17) is 14.2 Å². The number of carbonyl (C=O) groups is 3. The van der Waals surface area contributed by atoms with Gasteiger partial charge in [-0.2, -0.15) is 0 Å². The van der Waals surface area contributed by atoms with Gasteiger partial charge in [0.2, 0.25) is 0 Å². The summed E-state index contributed by atoms with van der Waals surface area (Å²) in [4.78, 5) is 49.4. The van der Waals surface area contributed by atoms with Gasteiger partial charge >= 0.3 is 17.9 Å². The van der Waals surface area contributed by atoms with Crippen LogP contribution in [0.25, 0.3) is 0 Å². The highest BCUT2D eigenvalue weighted by molar-refractivity contribution is 5.99. The Morgan fingerprint density at radius 3 is 2.16 bits per heavy atom. The zero-order valence-electron chi connectivity index (χ0n) is 17.8. The predicted octanol–water partition coefficient (Wildman–Crippen LogP) is 3.02. The van der Waals surface area contributed by atoms with E-state index < -0.39 is 22.8 Å². The van der Waals surface area contributed by atoms with E-state index in [9.17, 15) is 24.5 Å². The van der Waals surface area contributed by atoms with E-state index in [-0.39, 0.29) is 48.6 Å². The van der Waals surface area contributed by atoms with Gasteiger partial charge in [-0.1, -0.05) is 0 Å². The molecule has 0 aromatic heterocycles. The Kier molecular flexibility index (Phi) is 7.89. The maximum Gasteiger partial charge on any atom is 0.336 e. The number of ether oxygens (including phenoxy) is 3. The molecule has 1 aliphatic heterocycles. The van der Waals surface area contributed by atoms with Gasteiger partial charge in [0, 0.05) is 35.6 Å². The summed E-state index contributed by atoms with van der Waals surface area (Å²) in [5.41, 5.74) is 1.31. The summed E-state index contributed by atoms with van der Waals surface area (Å²) in [5, 5.41) is 11.0. The van der Waals surface area contributed by atoms with Crippen LogP contribution < -0.4 is 4.90 Å². The number of hydrogen-bond acceptors (Lipinski definition) is 9.